The maximum Gasteiger partial charge on any atom is 0.279 e. The van der Waals surface area contributed by atoms with Gasteiger partial charge in [-0.15, -0.1) is 0 Å². The number of carbonyl (C=O) groups excluding carboxylic acids is 2. The molecule has 16 heteroatoms. The molecule has 2 saturated heterocycles. The van der Waals surface area contributed by atoms with Crippen molar-refractivity contribution in [3.63, 3.8) is 0 Å². The van der Waals surface area contributed by atoms with Gasteiger partial charge in [0.05, 0.1) is 68.4 Å². The first-order valence-corrected chi connectivity index (χ1v) is 25.5. The monoisotopic (exact) mass is 1000 g/mol. The van der Waals surface area contributed by atoms with Crippen molar-refractivity contribution in [2.75, 3.05) is 52.0 Å². The molecule has 15 nitrogen and oxygen atoms in total. The van der Waals surface area contributed by atoms with Gasteiger partial charge < -0.3 is 49.1 Å². The van der Waals surface area contributed by atoms with E-state index in [2.05, 4.69) is 96.6 Å². The highest BCUT2D eigenvalue weighted by Gasteiger charge is 2.47. The molecule has 0 spiro atoms. The largest absolute Gasteiger partial charge is 0.496 e. The van der Waals surface area contributed by atoms with Crippen LogP contribution in [0.15, 0.2) is 95.5 Å². The van der Waals surface area contributed by atoms with E-state index in [0.29, 0.717) is 22.8 Å². The highest BCUT2D eigenvalue weighted by atomic mass is 32.1. The fraction of sp³-hybridized carbons (Fsp3) is 0.411. The van der Waals surface area contributed by atoms with Gasteiger partial charge >= 0.3 is 0 Å². The Hall–Kier alpha value is -6.27. The van der Waals surface area contributed by atoms with Gasteiger partial charge in [-0.3, -0.25) is 14.5 Å². The van der Waals surface area contributed by atoms with Crippen molar-refractivity contribution in [2.45, 2.75) is 91.4 Å². The van der Waals surface area contributed by atoms with Crippen molar-refractivity contribution < 1.29 is 43.9 Å². The van der Waals surface area contributed by atoms with E-state index in [1.165, 1.54) is 22.3 Å². The average Bonchev–Trinajstić information content (AvgIpc) is 4.13. The molecule has 9 rings (SSSR count). The van der Waals surface area contributed by atoms with E-state index in [4.69, 9.17) is 24.0 Å². The zero-order valence-corrected chi connectivity index (χ0v) is 43.7. The van der Waals surface area contributed by atoms with Crippen LogP contribution < -0.4 is 19.7 Å². The molecule has 0 saturated carbocycles. The van der Waals surface area contributed by atoms with Crippen LogP contribution in [0.25, 0.3) is 33.8 Å². The van der Waals surface area contributed by atoms with Crippen LogP contribution in [0.3, 0.4) is 0 Å². The SMILES string of the molecule is C/C=C\C(=C/C)n1nc(C(=O)N(C(O)O)C2(C)COC2)c2c1-c1cc(CC(C)C)c(OC)cc1OC2.C=C(C(=O)NCC1(O)COC1)C1=C(N(C)c2ccsc2)c2cc(-c3ccn(C)c3)c(CC)cc2CC1. The van der Waals surface area contributed by atoms with E-state index in [9.17, 15) is 24.9 Å². The van der Waals surface area contributed by atoms with E-state index < -0.39 is 23.5 Å². The van der Waals surface area contributed by atoms with Crippen molar-refractivity contribution in [3.05, 3.63) is 129 Å². The topological polar surface area (TPSA) is 173 Å². The molecule has 382 valence electrons. The van der Waals surface area contributed by atoms with E-state index in [0.717, 1.165) is 81.4 Å². The number of thiophene rings is 1. The number of anilines is 1. The summed E-state index contributed by atoms with van der Waals surface area (Å²) >= 11 is 1.65. The molecular formula is C56H68N6O9S. The summed E-state index contributed by atoms with van der Waals surface area (Å²) in [6.07, 6.45) is 11.3. The third kappa shape index (κ3) is 10.2. The van der Waals surface area contributed by atoms with E-state index >= 15 is 0 Å². The maximum absolute atomic E-state index is 13.8. The fourth-order valence-electron chi connectivity index (χ4n) is 9.88. The van der Waals surface area contributed by atoms with Gasteiger partial charge in [0.2, 0.25) is 6.41 Å². The number of nitrogens with zero attached hydrogens (tertiary/aromatic N) is 5. The molecule has 72 heavy (non-hydrogen) atoms. The lowest BCUT2D eigenvalue weighted by Gasteiger charge is -2.47. The van der Waals surface area contributed by atoms with Crippen LogP contribution >= 0.6 is 11.3 Å². The number of aliphatic hydroxyl groups is 3. The Balaban J connectivity index is 0.000000193. The molecule has 0 bridgehead atoms. The van der Waals surface area contributed by atoms with Gasteiger partial charge in [0.1, 0.15) is 23.7 Å². The second-order valence-corrected chi connectivity index (χ2v) is 20.5. The Morgan fingerprint density at radius 1 is 1.04 bits per heavy atom. The van der Waals surface area contributed by atoms with E-state index in [-0.39, 0.29) is 51.2 Å². The number of ether oxygens (including phenoxy) is 4. The summed E-state index contributed by atoms with van der Waals surface area (Å²) < 4.78 is 25.9. The van der Waals surface area contributed by atoms with Crippen molar-refractivity contribution in [1.29, 1.82) is 0 Å². The first-order chi connectivity index (χ1) is 34.4. The number of fused-ring (bicyclic) bond motifs is 4. The number of aromatic nitrogens is 3. The number of benzene rings is 2. The molecule has 2 amide bonds. The van der Waals surface area contributed by atoms with Crippen LogP contribution in [0.4, 0.5) is 5.69 Å². The molecule has 4 N–H and O–H groups in total. The van der Waals surface area contributed by atoms with Gasteiger partial charge in [-0.25, -0.2) is 4.68 Å². The van der Waals surface area contributed by atoms with Crippen LogP contribution in [0, 0.1) is 5.92 Å². The maximum atomic E-state index is 13.8. The molecule has 0 radical (unpaired) electrons. The minimum Gasteiger partial charge on any atom is -0.496 e. The molecule has 4 aliphatic rings. The number of amides is 2. The smallest absolute Gasteiger partial charge is 0.279 e. The third-order valence-electron chi connectivity index (χ3n) is 13.8. The Morgan fingerprint density at radius 2 is 1.79 bits per heavy atom. The minimum absolute atomic E-state index is 0.103. The number of nitrogens with one attached hydrogen (secondary N) is 1. The quantitative estimate of drug-likeness (QED) is 0.0427. The predicted molar refractivity (Wildman–Crippen MR) is 282 cm³/mol. The molecule has 3 aromatic heterocycles. The third-order valence-corrected chi connectivity index (χ3v) is 14.5. The molecular weight excluding hydrogens is 933 g/mol. The van der Waals surface area contributed by atoms with Gasteiger partial charge in [0, 0.05) is 60.2 Å². The van der Waals surface area contributed by atoms with Gasteiger partial charge in [0.15, 0.2) is 5.69 Å². The van der Waals surface area contributed by atoms with E-state index in [1.807, 2.05) is 51.3 Å². The molecule has 3 aliphatic heterocycles. The predicted octanol–water partition coefficient (Wildman–Crippen LogP) is 8.13. The summed E-state index contributed by atoms with van der Waals surface area (Å²) in [6.45, 7) is 17.4. The zero-order chi connectivity index (χ0) is 51.6. The summed E-state index contributed by atoms with van der Waals surface area (Å²) in [5, 5.41) is 42.4. The van der Waals surface area contributed by atoms with Gasteiger partial charge in [0.25, 0.3) is 11.8 Å². The lowest BCUT2D eigenvalue weighted by atomic mass is 9.82. The Morgan fingerprint density at radius 3 is 2.36 bits per heavy atom. The average molecular weight is 1000 g/mol. The number of aryl methyl sites for hydroxylation is 3. The number of allylic oxidation sites excluding steroid dienone is 4. The van der Waals surface area contributed by atoms with Crippen molar-refractivity contribution in [2.24, 2.45) is 13.0 Å². The minimum atomic E-state index is -2.00. The second-order valence-electron chi connectivity index (χ2n) is 19.7. The van der Waals surface area contributed by atoms with Crippen LogP contribution in [0.5, 0.6) is 11.5 Å². The highest BCUT2D eigenvalue weighted by Crippen LogP contribution is 2.45. The van der Waals surface area contributed by atoms with Crippen molar-refractivity contribution >= 4 is 40.2 Å². The fourth-order valence-corrected chi connectivity index (χ4v) is 10.6. The van der Waals surface area contributed by atoms with Gasteiger partial charge in [-0.2, -0.15) is 16.4 Å². The van der Waals surface area contributed by atoms with Crippen molar-refractivity contribution in [1.82, 2.24) is 24.6 Å². The summed E-state index contributed by atoms with van der Waals surface area (Å²) in [5.74, 6) is 0.951. The van der Waals surface area contributed by atoms with Crippen molar-refractivity contribution in [3.8, 4) is 33.9 Å². The lowest BCUT2D eigenvalue weighted by Crippen LogP contribution is -2.65. The molecule has 2 fully saturated rings. The lowest BCUT2D eigenvalue weighted by molar-refractivity contribution is -0.220. The summed E-state index contributed by atoms with van der Waals surface area (Å²) in [6, 6.07) is 12.8. The molecule has 2 aromatic carbocycles. The molecule has 0 atom stereocenters. The number of methoxy groups -OCH3 is 1. The first kappa shape index (κ1) is 52.1. The summed E-state index contributed by atoms with van der Waals surface area (Å²) in [5.41, 5.74) is 11.9. The number of aliphatic hydroxyl groups excluding tert-OH is 1. The molecule has 5 aromatic rings. The Kier molecular flexibility index (Phi) is 15.5. The van der Waals surface area contributed by atoms with Gasteiger partial charge in [-0.1, -0.05) is 45.6 Å². The standard InChI is InChI=1S/C29H33N3O3S.C27H35N3O6/c1-5-20-12-21-6-7-24(19(2)28(33)30-16-29(34)17-35-18-29)27(32(4)23-9-11-36-15-23)26(21)13-25(20)22-8-10-31(3)14-22;1-7-9-18(8-2)30-24-19-11-17(10-16(3)4)21(34-6)12-22(19)36-13-20(24)23(28-30)25(31)29(26(32)33)27(5)14-35-15-27/h8-15,34H,2,5-7,16-18H2,1,3-4H3,(H,30,33);7-9,11-12,16,26,32-33H,10,13-15H2,1-6H3/b;9-7-,18-8+. The first-order valence-electron chi connectivity index (χ1n) is 24.5. The Bertz CT molecular complexity index is 2930. The van der Waals surface area contributed by atoms with Crippen LogP contribution in [-0.2, 0) is 47.2 Å². The van der Waals surface area contributed by atoms with Crippen LogP contribution in [0.2, 0.25) is 0 Å². The normalized spacial score (nSPS) is 16.4. The molecule has 0 unspecified atom stereocenters. The highest BCUT2D eigenvalue weighted by molar-refractivity contribution is 7.08. The van der Waals surface area contributed by atoms with Crippen LogP contribution in [-0.4, -0.2) is 111 Å². The number of hydrogen-bond donors (Lipinski definition) is 4. The van der Waals surface area contributed by atoms with E-state index in [1.54, 1.807) is 30.1 Å². The Labute approximate surface area is 426 Å². The second kappa shape index (κ2) is 21.4. The zero-order valence-electron chi connectivity index (χ0n) is 42.9. The van der Waals surface area contributed by atoms with Gasteiger partial charge in [-0.05, 0) is 121 Å². The van der Waals surface area contributed by atoms with Crippen LogP contribution in [0.1, 0.15) is 86.3 Å². The summed E-state index contributed by atoms with van der Waals surface area (Å²) in [7, 11) is 5.74. The summed E-state index contributed by atoms with van der Waals surface area (Å²) in [4.78, 5) is 30.1. The number of hydrogen-bond acceptors (Lipinski definition) is 12. The number of carbonyl (C=O) groups is 2. The number of rotatable bonds is 16. The molecule has 1 aliphatic carbocycles. The molecule has 6 heterocycles.